The molecule has 0 saturated carbocycles. The number of rotatable bonds is 5. The fourth-order valence-electron chi connectivity index (χ4n) is 1.45. The molecule has 0 N–H and O–H groups in total. The largest absolute Gasteiger partial charge is 0.458 e. The first-order valence-electron chi connectivity index (χ1n) is 5.75. The third-order valence-electron chi connectivity index (χ3n) is 2.48. The van der Waals surface area contributed by atoms with Gasteiger partial charge in [-0.2, -0.15) is 11.3 Å². The summed E-state index contributed by atoms with van der Waals surface area (Å²) >= 11 is 1.55. The van der Waals surface area contributed by atoms with E-state index in [1.165, 1.54) is 18.2 Å². The number of hydrogen-bond donors (Lipinski definition) is 0. The molecule has 6 heteroatoms. The second-order valence-corrected chi connectivity index (χ2v) is 4.70. The topological polar surface area (TPSA) is 69.4 Å². The Morgan fingerprint density at radius 2 is 2.05 bits per heavy atom. The molecule has 0 unspecified atom stereocenters. The molecule has 1 aromatic carbocycles. The Balaban J connectivity index is 1.85. The number of hydrogen-bond acceptors (Lipinski definition) is 5. The molecule has 2 aromatic rings. The van der Waals surface area contributed by atoms with Crippen LogP contribution in [0.3, 0.4) is 0 Å². The van der Waals surface area contributed by atoms with Crippen LogP contribution < -0.4 is 0 Å². The van der Waals surface area contributed by atoms with E-state index in [9.17, 15) is 14.9 Å². The summed E-state index contributed by atoms with van der Waals surface area (Å²) < 4.78 is 5.03. The number of carbonyl (C=O) groups excluding carboxylic acids is 1. The lowest BCUT2D eigenvalue weighted by molar-refractivity contribution is -0.384. The molecular weight excluding hydrogens is 278 g/mol. The van der Waals surface area contributed by atoms with Crippen LogP contribution in [0.15, 0.2) is 47.2 Å². The van der Waals surface area contributed by atoms with Crippen LogP contribution in [0.1, 0.15) is 11.1 Å². The summed E-state index contributed by atoms with van der Waals surface area (Å²) in [6.07, 6.45) is 3.03. The zero-order chi connectivity index (χ0) is 14.4. The highest BCUT2D eigenvalue weighted by Crippen LogP contribution is 2.13. The Kier molecular flexibility index (Phi) is 4.62. The van der Waals surface area contributed by atoms with Crippen molar-refractivity contribution in [3.63, 3.8) is 0 Å². The smallest absolute Gasteiger partial charge is 0.331 e. The molecule has 0 atom stereocenters. The third kappa shape index (κ3) is 4.03. The highest BCUT2D eigenvalue weighted by molar-refractivity contribution is 7.08. The van der Waals surface area contributed by atoms with Crippen molar-refractivity contribution in [2.75, 3.05) is 0 Å². The first-order chi connectivity index (χ1) is 9.65. The van der Waals surface area contributed by atoms with Gasteiger partial charge in [0.1, 0.15) is 6.61 Å². The van der Waals surface area contributed by atoms with E-state index in [0.29, 0.717) is 5.56 Å². The number of nitro benzene ring substituents is 1. The maximum Gasteiger partial charge on any atom is 0.331 e. The summed E-state index contributed by atoms with van der Waals surface area (Å²) in [5, 5.41) is 14.3. The highest BCUT2D eigenvalue weighted by atomic mass is 32.1. The Bertz CT molecular complexity index is 617. The van der Waals surface area contributed by atoms with Crippen molar-refractivity contribution in [1.82, 2.24) is 0 Å². The Hall–Kier alpha value is -2.47. The molecule has 20 heavy (non-hydrogen) atoms. The summed E-state index contributed by atoms with van der Waals surface area (Å²) in [5.74, 6) is -0.449. The molecule has 0 saturated heterocycles. The van der Waals surface area contributed by atoms with E-state index in [0.717, 1.165) is 5.56 Å². The minimum Gasteiger partial charge on any atom is -0.458 e. The predicted molar refractivity (Wildman–Crippen MR) is 76.2 cm³/mol. The Morgan fingerprint density at radius 1 is 1.30 bits per heavy atom. The van der Waals surface area contributed by atoms with Crippen molar-refractivity contribution in [3.8, 4) is 0 Å². The van der Waals surface area contributed by atoms with Crippen LogP contribution in [0.2, 0.25) is 0 Å². The van der Waals surface area contributed by atoms with E-state index < -0.39 is 10.9 Å². The van der Waals surface area contributed by atoms with E-state index >= 15 is 0 Å². The molecular formula is C14H11NO4S. The maximum absolute atomic E-state index is 11.5. The van der Waals surface area contributed by atoms with Gasteiger partial charge in [-0.3, -0.25) is 10.1 Å². The van der Waals surface area contributed by atoms with Crippen molar-refractivity contribution in [1.29, 1.82) is 0 Å². The summed E-state index contributed by atoms with van der Waals surface area (Å²) in [5.41, 5.74) is 1.66. The van der Waals surface area contributed by atoms with Crippen molar-refractivity contribution in [2.45, 2.75) is 6.61 Å². The molecule has 0 aliphatic heterocycles. The summed E-state index contributed by atoms with van der Waals surface area (Å²) in [4.78, 5) is 21.5. The number of benzene rings is 1. The lowest BCUT2D eigenvalue weighted by Gasteiger charge is -2.01. The third-order valence-corrected chi connectivity index (χ3v) is 3.18. The van der Waals surface area contributed by atoms with Crippen LogP contribution >= 0.6 is 11.3 Å². The number of thiophene rings is 1. The summed E-state index contributed by atoms with van der Waals surface area (Å²) in [6, 6.07) is 7.78. The van der Waals surface area contributed by atoms with Gasteiger partial charge < -0.3 is 4.74 Å². The Labute approximate surface area is 119 Å². The van der Waals surface area contributed by atoms with Crippen LogP contribution in [0.25, 0.3) is 6.08 Å². The number of esters is 1. The second kappa shape index (κ2) is 6.63. The quantitative estimate of drug-likeness (QED) is 0.366. The molecule has 0 amide bonds. The van der Waals surface area contributed by atoms with Crippen molar-refractivity contribution in [2.24, 2.45) is 0 Å². The van der Waals surface area contributed by atoms with E-state index in [-0.39, 0.29) is 12.3 Å². The van der Waals surface area contributed by atoms with Crippen LogP contribution in [-0.2, 0) is 16.1 Å². The van der Waals surface area contributed by atoms with Crippen molar-refractivity contribution < 1.29 is 14.5 Å². The molecule has 0 bridgehead atoms. The van der Waals surface area contributed by atoms with Gasteiger partial charge in [0.15, 0.2) is 0 Å². The average Bonchev–Trinajstić information content (AvgIpc) is 2.96. The first-order valence-corrected chi connectivity index (χ1v) is 6.70. The summed E-state index contributed by atoms with van der Waals surface area (Å²) in [7, 11) is 0. The van der Waals surface area contributed by atoms with Gasteiger partial charge in [-0.05, 0) is 46.2 Å². The van der Waals surface area contributed by atoms with Crippen molar-refractivity contribution in [3.05, 3.63) is 68.4 Å². The SMILES string of the molecule is O=C(/C=C/c1ccsc1)OCc1ccc([N+](=O)[O-])cc1. The van der Waals surface area contributed by atoms with Gasteiger partial charge in [0.2, 0.25) is 0 Å². The van der Waals surface area contributed by atoms with Crippen LogP contribution in [0.4, 0.5) is 5.69 Å². The van der Waals surface area contributed by atoms with E-state index in [1.807, 2.05) is 16.8 Å². The lowest BCUT2D eigenvalue weighted by atomic mass is 10.2. The van der Waals surface area contributed by atoms with Gasteiger partial charge >= 0.3 is 5.97 Å². The van der Waals surface area contributed by atoms with Gasteiger partial charge in [-0.25, -0.2) is 4.79 Å². The van der Waals surface area contributed by atoms with Crippen LogP contribution in [0, 0.1) is 10.1 Å². The zero-order valence-corrected chi connectivity index (χ0v) is 11.2. The number of carbonyl (C=O) groups is 1. The van der Waals surface area contributed by atoms with Gasteiger partial charge in [0.25, 0.3) is 5.69 Å². The number of nitrogens with zero attached hydrogens (tertiary/aromatic N) is 1. The molecule has 0 spiro atoms. The zero-order valence-electron chi connectivity index (χ0n) is 10.4. The molecule has 0 fully saturated rings. The average molecular weight is 289 g/mol. The lowest BCUT2D eigenvalue weighted by Crippen LogP contribution is -2.00. The molecule has 0 radical (unpaired) electrons. The molecule has 5 nitrogen and oxygen atoms in total. The minimum absolute atomic E-state index is 0.0115. The molecule has 0 aliphatic carbocycles. The highest BCUT2D eigenvalue weighted by Gasteiger charge is 2.05. The van der Waals surface area contributed by atoms with Gasteiger partial charge in [0.05, 0.1) is 4.92 Å². The Morgan fingerprint density at radius 3 is 2.65 bits per heavy atom. The van der Waals surface area contributed by atoms with Crippen molar-refractivity contribution >= 4 is 29.1 Å². The second-order valence-electron chi connectivity index (χ2n) is 3.92. The fourth-order valence-corrected chi connectivity index (χ4v) is 2.08. The standard InChI is InChI=1S/C14H11NO4S/c16-14(6-3-12-7-8-20-10-12)19-9-11-1-4-13(5-2-11)15(17)18/h1-8,10H,9H2/b6-3+. The number of non-ortho nitro benzene ring substituents is 1. The molecule has 2 rings (SSSR count). The van der Waals surface area contributed by atoms with E-state index in [1.54, 1.807) is 29.5 Å². The van der Waals surface area contributed by atoms with E-state index in [2.05, 4.69) is 0 Å². The van der Waals surface area contributed by atoms with Gasteiger partial charge in [-0.1, -0.05) is 0 Å². The first kappa shape index (κ1) is 14.0. The maximum atomic E-state index is 11.5. The fraction of sp³-hybridized carbons (Fsp3) is 0.0714. The minimum atomic E-state index is -0.473. The van der Waals surface area contributed by atoms with E-state index in [4.69, 9.17) is 4.74 Å². The normalized spacial score (nSPS) is 10.6. The summed E-state index contributed by atoms with van der Waals surface area (Å²) in [6.45, 7) is 0.0881. The van der Waals surface area contributed by atoms with Crippen LogP contribution in [-0.4, -0.2) is 10.9 Å². The molecule has 102 valence electrons. The van der Waals surface area contributed by atoms with Gasteiger partial charge in [-0.15, -0.1) is 0 Å². The molecule has 1 heterocycles. The molecule has 0 aliphatic rings. The van der Waals surface area contributed by atoms with Gasteiger partial charge in [0, 0.05) is 18.2 Å². The monoisotopic (exact) mass is 289 g/mol. The number of ether oxygens (including phenoxy) is 1. The number of nitro groups is 1. The predicted octanol–water partition coefficient (Wildman–Crippen LogP) is 3.41. The van der Waals surface area contributed by atoms with Crippen LogP contribution in [0.5, 0.6) is 0 Å². The molecule has 1 aromatic heterocycles.